The van der Waals surface area contributed by atoms with E-state index in [0.29, 0.717) is 29.5 Å². The van der Waals surface area contributed by atoms with E-state index >= 15 is 0 Å². The molecule has 2 bridgehead atoms. The Balaban J connectivity index is 1.32. The summed E-state index contributed by atoms with van der Waals surface area (Å²) >= 11 is 6.62. The smallest absolute Gasteiger partial charge is 0.408 e. The van der Waals surface area contributed by atoms with E-state index in [0.717, 1.165) is 42.2 Å². The number of carbonyl (C=O) groups excluding carboxylic acids is 1. The highest BCUT2D eigenvalue weighted by atomic mass is 35.5. The number of hydrogen-bond donors (Lipinski definition) is 1. The SMILES string of the molecule is CC(C)(C)OC(=O)NC12CC(COc3ccc(C(C)(C)c4cc(Cl)c(OCOCC[Si](C)(C)C)c(C#N)c4)cc3)(C1)C2. The number of ether oxygens (including phenoxy) is 4. The number of rotatable bonds is 12. The van der Waals surface area contributed by atoms with E-state index in [4.69, 9.17) is 30.5 Å². The minimum absolute atomic E-state index is 0.0611. The van der Waals surface area contributed by atoms with Gasteiger partial charge in [-0.25, -0.2) is 4.79 Å². The molecule has 0 unspecified atom stereocenters. The number of nitrogens with zero attached hydrogens (tertiary/aromatic N) is 1. The van der Waals surface area contributed by atoms with Crippen molar-refractivity contribution in [2.24, 2.45) is 5.41 Å². The van der Waals surface area contributed by atoms with Gasteiger partial charge in [0, 0.05) is 31.0 Å². The van der Waals surface area contributed by atoms with E-state index < -0.39 is 19.1 Å². The van der Waals surface area contributed by atoms with E-state index in [1.54, 1.807) is 0 Å². The first kappa shape index (κ1) is 32.2. The average Bonchev–Trinajstić information content (AvgIpc) is 2.83. The number of halogens is 1. The first-order valence-electron chi connectivity index (χ1n) is 14.6. The van der Waals surface area contributed by atoms with Crippen LogP contribution in [0.2, 0.25) is 30.7 Å². The van der Waals surface area contributed by atoms with Crippen LogP contribution in [0.15, 0.2) is 36.4 Å². The zero-order valence-electron chi connectivity index (χ0n) is 26.3. The maximum absolute atomic E-state index is 12.2. The maximum Gasteiger partial charge on any atom is 0.408 e. The summed E-state index contributed by atoms with van der Waals surface area (Å²) in [7, 11) is -1.19. The molecule has 0 aromatic heterocycles. The summed E-state index contributed by atoms with van der Waals surface area (Å²) in [6.07, 6.45) is 2.39. The number of nitrogens with one attached hydrogen (secondary N) is 1. The molecular formula is C33H45ClN2O5Si. The molecule has 3 saturated carbocycles. The summed E-state index contributed by atoms with van der Waals surface area (Å²) in [5.41, 5.74) is 1.46. The zero-order chi connectivity index (χ0) is 31.0. The quantitative estimate of drug-likeness (QED) is 0.148. The van der Waals surface area contributed by atoms with Gasteiger partial charge < -0.3 is 24.3 Å². The molecule has 0 spiro atoms. The van der Waals surface area contributed by atoms with Crippen molar-refractivity contribution in [3.63, 3.8) is 0 Å². The molecule has 0 radical (unpaired) electrons. The Hall–Kier alpha value is -2.73. The zero-order valence-corrected chi connectivity index (χ0v) is 28.0. The Morgan fingerprint density at radius 3 is 2.24 bits per heavy atom. The lowest BCUT2D eigenvalue weighted by molar-refractivity contribution is -0.170. The Bertz CT molecular complexity index is 1320. The molecule has 9 heteroatoms. The van der Waals surface area contributed by atoms with Crippen LogP contribution in [-0.2, 0) is 14.9 Å². The highest BCUT2D eigenvalue weighted by Crippen LogP contribution is 2.67. The second kappa shape index (κ2) is 11.7. The third-order valence-corrected chi connectivity index (χ3v) is 10.2. The summed E-state index contributed by atoms with van der Waals surface area (Å²) < 4.78 is 23.0. The van der Waals surface area contributed by atoms with Gasteiger partial charge >= 0.3 is 6.09 Å². The molecule has 42 heavy (non-hydrogen) atoms. The van der Waals surface area contributed by atoms with E-state index in [1.165, 1.54) is 0 Å². The number of alkyl carbamates (subject to hydrolysis) is 1. The van der Waals surface area contributed by atoms with Crippen molar-refractivity contribution in [1.29, 1.82) is 5.26 Å². The molecule has 2 aromatic carbocycles. The fourth-order valence-electron chi connectivity index (χ4n) is 5.90. The first-order valence-corrected chi connectivity index (χ1v) is 18.7. The molecule has 3 aliphatic carbocycles. The lowest BCUT2D eigenvalue weighted by atomic mass is 9.39. The van der Waals surface area contributed by atoms with Gasteiger partial charge in [-0.05, 0) is 81.5 Å². The van der Waals surface area contributed by atoms with E-state index in [1.807, 2.05) is 45.0 Å². The van der Waals surface area contributed by atoms with E-state index in [2.05, 4.69) is 57.0 Å². The first-order chi connectivity index (χ1) is 19.4. The molecule has 7 nitrogen and oxygen atoms in total. The second-order valence-electron chi connectivity index (χ2n) is 14.8. The number of carbonyl (C=O) groups is 1. The monoisotopic (exact) mass is 612 g/mol. The lowest BCUT2D eigenvalue weighted by Crippen LogP contribution is -2.76. The van der Waals surface area contributed by atoms with Crippen LogP contribution in [0.1, 0.15) is 70.6 Å². The van der Waals surface area contributed by atoms with Gasteiger partial charge in [-0.2, -0.15) is 5.26 Å². The molecule has 0 aliphatic heterocycles. The number of nitriles is 1. The average molecular weight is 613 g/mol. The van der Waals surface area contributed by atoms with Crippen molar-refractivity contribution >= 4 is 25.8 Å². The topological polar surface area (TPSA) is 89.8 Å². The van der Waals surface area contributed by atoms with Crippen LogP contribution in [-0.4, -0.2) is 45.3 Å². The van der Waals surface area contributed by atoms with Crippen molar-refractivity contribution < 1.29 is 23.7 Å². The van der Waals surface area contributed by atoms with Gasteiger partial charge in [0.15, 0.2) is 12.5 Å². The van der Waals surface area contributed by atoms with Crippen LogP contribution in [0.5, 0.6) is 11.5 Å². The van der Waals surface area contributed by atoms with Crippen LogP contribution in [0.25, 0.3) is 0 Å². The molecule has 228 valence electrons. The van der Waals surface area contributed by atoms with Gasteiger partial charge in [-0.1, -0.05) is 57.2 Å². The Labute approximate surface area is 256 Å². The van der Waals surface area contributed by atoms with Crippen LogP contribution in [0, 0.1) is 16.7 Å². The van der Waals surface area contributed by atoms with Crippen LogP contribution in [0.3, 0.4) is 0 Å². The number of amides is 1. The summed E-state index contributed by atoms with van der Waals surface area (Å²) in [4.78, 5) is 12.2. The standard InChI is InChI=1S/C33H45ClN2O5Si/c1-30(2,3)41-29(37)36-33-18-32(19-33,20-33)21-39-26-11-9-24(10-12-26)31(4,5)25-15-23(17-35)28(27(34)16-25)40-22-38-13-14-42(6,7)8/h9-12,15-16H,13-14,18-22H2,1-8H3,(H,36,37). The molecule has 0 saturated heterocycles. The van der Waals surface area contributed by atoms with Crippen LogP contribution in [0.4, 0.5) is 4.79 Å². The molecule has 1 amide bonds. The molecule has 3 aliphatic rings. The predicted molar refractivity (Wildman–Crippen MR) is 168 cm³/mol. The Morgan fingerprint density at radius 2 is 1.67 bits per heavy atom. The number of benzene rings is 2. The summed E-state index contributed by atoms with van der Waals surface area (Å²) in [5, 5.41) is 13.3. The van der Waals surface area contributed by atoms with Gasteiger partial charge in [-0.15, -0.1) is 0 Å². The predicted octanol–water partition coefficient (Wildman–Crippen LogP) is 8.05. The third-order valence-electron chi connectivity index (χ3n) is 8.20. The lowest BCUT2D eigenvalue weighted by Gasteiger charge is -2.69. The van der Waals surface area contributed by atoms with E-state index in [9.17, 15) is 10.1 Å². The van der Waals surface area contributed by atoms with Gasteiger partial charge in [-0.3, -0.25) is 0 Å². The molecule has 3 fully saturated rings. The normalized spacial score (nSPS) is 21.4. The van der Waals surface area contributed by atoms with Crippen molar-refractivity contribution in [2.75, 3.05) is 20.0 Å². The third kappa shape index (κ3) is 7.61. The Morgan fingerprint density at radius 1 is 1.02 bits per heavy atom. The van der Waals surface area contributed by atoms with E-state index in [-0.39, 0.29) is 23.8 Å². The highest BCUT2D eigenvalue weighted by Gasteiger charge is 2.69. The van der Waals surface area contributed by atoms with Crippen molar-refractivity contribution in [1.82, 2.24) is 5.32 Å². The molecule has 2 aromatic rings. The fourth-order valence-corrected chi connectivity index (χ4v) is 6.93. The minimum Gasteiger partial charge on any atom is -0.493 e. The van der Waals surface area contributed by atoms with Crippen LogP contribution >= 0.6 is 11.6 Å². The minimum atomic E-state index is -1.19. The van der Waals surface area contributed by atoms with Gasteiger partial charge in [0.1, 0.15) is 17.4 Å². The van der Waals surface area contributed by atoms with Crippen molar-refractivity contribution in [2.45, 2.75) is 96.1 Å². The fraction of sp³-hybridized carbons (Fsp3) is 0.576. The van der Waals surface area contributed by atoms with Crippen molar-refractivity contribution in [3.8, 4) is 17.6 Å². The van der Waals surface area contributed by atoms with Gasteiger partial charge in [0.2, 0.25) is 0 Å². The maximum atomic E-state index is 12.2. The largest absolute Gasteiger partial charge is 0.493 e. The summed E-state index contributed by atoms with van der Waals surface area (Å²) in [6.45, 7) is 18.0. The van der Waals surface area contributed by atoms with Gasteiger partial charge in [0.05, 0.1) is 17.2 Å². The van der Waals surface area contributed by atoms with Crippen molar-refractivity contribution in [3.05, 3.63) is 58.1 Å². The highest BCUT2D eigenvalue weighted by molar-refractivity contribution is 6.76. The van der Waals surface area contributed by atoms with Crippen LogP contribution < -0.4 is 14.8 Å². The molecule has 1 N–H and O–H groups in total. The molecule has 0 atom stereocenters. The number of hydrogen-bond acceptors (Lipinski definition) is 6. The summed E-state index contributed by atoms with van der Waals surface area (Å²) in [5.74, 6) is 1.16. The van der Waals surface area contributed by atoms with Gasteiger partial charge in [0.25, 0.3) is 0 Å². The molecule has 5 rings (SSSR count). The molecule has 0 heterocycles. The Kier molecular flexibility index (Phi) is 9.00. The molecular weight excluding hydrogens is 568 g/mol. The summed E-state index contributed by atoms with van der Waals surface area (Å²) in [6, 6.07) is 15.1. The second-order valence-corrected chi connectivity index (χ2v) is 20.8.